The van der Waals surface area contributed by atoms with Crippen LogP contribution in [0.15, 0.2) is 78.9 Å². The number of nitrogens with one attached hydrogen (secondary N) is 1. The van der Waals surface area contributed by atoms with E-state index in [1.54, 1.807) is 19.1 Å². The fraction of sp³-hybridized carbons (Fsp3) is 0.276. The lowest BCUT2D eigenvalue weighted by Gasteiger charge is -2.33. The van der Waals surface area contributed by atoms with Crippen LogP contribution in [0.25, 0.3) is 11.1 Å². The molecule has 0 saturated carbocycles. The molecular weight excluding hydrogens is 454 g/mol. The molecule has 3 aromatic carbocycles. The van der Waals surface area contributed by atoms with Crippen molar-refractivity contribution in [1.29, 1.82) is 5.26 Å². The Morgan fingerprint density at radius 3 is 2.17 bits per heavy atom. The number of hydrogen-bond donors (Lipinski definition) is 3. The maximum Gasteiger partial charge on any atom is 0.255 e. The largest absolute Gasteiger partial charge is 0.380 e. The van der Waals surface area contributed by atoms with Crippen LogP contribution in [0.2, 0.25) is 0 Å². The molecule has 0 aromatic heterocycles. The number of nitrogens with zero attached hydrogens (tertiary/aromatic N) is 2. The highest BCUT2D eigenvalue weighted by Crippen LogP contribution is 2.25. The number of nitriles is 1. The second-order valence-corrected chi connectivity index (χ2v) is 8.42. The van der Waals surface area contributed by atoms with Crippen LogP contribution in [0.5, 0.6) is 0 Å². The molecule has 0 aliphatic rings. The Hall–Kier alpha value is -3.99. The second kappa shape index (κ2) is 12.6. The molecule has 0 aliphatic carbocycles. The maximum atomic E-state index is 13.0. The molecule has 36 heavy (non-hydrogen) atoms. The van der Waals surface area contributed by atoms with Crippen LogP contribution < -0.4 is 5.32 Å². The number of likely N-dealkylation sites (N-methyl/N-ethyl adjacent to an activating group) is 1. The van der Waals surface area contributed by atoms with Gasteiger partial charge in [-0.05, 0) is 41.7 Å². The summed E-state index contributed by atoms with van der Waals surface area (Å²) in [6, 6.07) is 25.9. The summed E-state index contributed by atoms with van der Waals surface area (Å²) in [5.41, 5.74) is 3.93. The molecule has 0 aliphatic heterocycles. The number of hydrogen-bond acceptors (Lipinski definition) is 5. The van der Waals surface area contributed by atoms with Gasteiger partial charge in [-0.1, -0.05) is 79.7 Å². The molecule has 2 amide bonds. The smallest absolute Gasteiger partial charge is 0.255 e. The zero-order valence-corrected chi connectivity index (χ0v) is 20.5. The van der Waals surface area contributed by atoms with Gasteiger partial charge in [0.25, 0.3) is 11.8 Å². The predicted octanol–water partition coefficient (Wildman–Crippen LogP) is 3.56. The SMILES string of the molecule is CCC(c1ccccc1)N(CC)C(=O)C(O)C(O)C(=O)NCc1ccc(-c2ccccc2C#N)cc1. The highest BCUT2D eigenvalue weighted by molar-refractivity contribution is 5.91. The van der Waals surface area contributed by atoms with Gasteiger partial charge in [-0.2, -0.15) is 5.26 Å². The standard InChI is InChI=1S/C29H31N3O4/c1-3-25(22-10-6-5-7-11-22)32(4-2)29(36)27(34)26(33)28(35)31-19-20-14-16-21(17-15-20)24-13-9-8-12-23(24)18-30/h5-17,25-27,33-34H,3-4,19H2,1-2H3,(H,31,35). The molecule has 3 aromatic rings. The summed E-state index contributed by atoms with van der Waals surface area (Å²) in [7, 11) is 0. The second-order valence-electron chi connectivity index (χ2n) is 8.42. The Kier molecular flexibility index (Phi) is 9.34. The van der Waals surface area contributed by atoms with E-state index in [-0.39, 0.29) is 12.6 Å². The van der Waals surface area contributed by atoms with Gasteiger partial charge in [-0.15, -0.1) is 0 Å². The zero-order valence-electron chi connectivity index (χ0n) is 20.5. The van der Waals surface area contributed by atoms with Crippen LogP contribution in [0, 0.1) is 11.3 Å². The molecule has 0 spiro atoms. The average Bonchev–Trinajstić information content (AvgIpc) is 2.94. The normalized spacial score (nSPS) is 13.2. The zero-order chi connectivity index (χ0) is 26.1. The van der Waals surface area contributed by atoms with Crippen molar-refractivity contribution in [3.05, 3.63) is 95.6 Å². The number of aliphatic hydroxyl groups excluding tert-OH is 2. The van der Waals surface area contributed by atoms with Crippen LogP contribution in [-0.4, -0.2) is 45.7 Å². The van der Waals surface area contributed by atoms with Crippen molar-refractivity contribution in [1.82, 2.24) is 10.2 Å². The van der Waals surface area contributed by atoms with Crippen molar-refractivity contribution in [3.8, 4) is 17.2 Å². The average molecular weight is 486 g/mol. The van der Waals surface area contributed by atoms with Gasteiger partial charge in [0.05, 0.1) is 17.7 Å². The molecule has 186 valence electrons. The Balaban J connectivity index is 1.62. The van der Waals surface area contributed by atoms with Gasteiger partial charge >= 0.3 is 0 Å². The number of carbonyl (C=O) groups is 2. The number of amides is 2. The van der Waals surface area contributed by atoms with Gasteiger partial charge in [0.15, 0.2) is 12.2 Å². The number of benzene rings is 3. The molecular formula is C29H31N3O4. The van der Waals surface area contributed by atoms with Crippen LogP contribution in [-0.2, 0) is 16.1 Å². The summed E-state index contributed by atoms with van der Waals surface area (Å²) < 4.78 is 0. The lowest BCUT2D eigenvalue weighted by atomic mass is 9.99. The van der Waals surface area contributed by atoms with Gasteiger partial charge in [-0.25, -0.2) is 0 Å². The van der Waals surface area contributed by atoms with Crippen LogP contribution in [0.1, 0.15) is 43.0 Å². The van der Waals surface area contributed by atoms with Crippen molar-refractivity contribution in [2.75, 3.05) is 6.54 Å². The summed E-state index contributed by atoms with van der Waals surface area (Å²) >= 11 is 0. The number of rotatable bonds is 10. The Morgan fingerprint density at radius 1 is 0.917 bits per heavy atom. The third-order valence-electron chi connectivity index (χ3n) is 6.17. The Bertz CT molecular complexity index is 1210. The van der Waals surface area contributed by atoms with E-state index in [0.29, 0.717) is 18.5 Å². The van der Waals surface area contributed by atoms with E-state index in [1.807, 2.05) is 73.7 Å². The van der Waals surface area contributed by atoms with Crippen LogP contribution >= 0.6 is 0 Å². The van der Waals surface area contributed by atoms with E-state index >= 15 is 0 Å². The van der Waals surface area contributed by atoms with Crippen molar-refractivity contribution in [3.63, 3.8) is 0 Å². The molecule has 0 fully saturated rings. The molecule has 0 heterocycles. The number of carbonyl (C=O) groups excluding carboxylic acids is 2. The van der Waals surface area contributed by atoms with E-state index in [4.69, 9.17) is 0 Å². The van der Waals surface area contributed by atoms with Crippen molar-refractivity contribution in [2.24, 2.45) is 0 Å². The predicted molar refractivity (Wildman–Crippen MR) is 137 cm³/mol. The first-order valence-corrected chi connectivity index (χ1v) is 12.0. The first-order valence-electron chi connectivity index (χ1n) is 12.0. The Labute approximate surface area is 211 Å². The van der Waals surface area contributed by atoms with Gasteiger partial charge in [0, 0.05) is 13.1 Å². The Morgan fingerprint density at radius 2 is 1.56 bits per heavy atom. The van der Waals surface area contributed by atoms with E-state index < -0.39 is 24.0 Å². The first-order chi connectivity index (χ1) is 17.4. The topological polar surface area (TPSA) is 114 Å². The third kappa shape index (κ3) is 6.16. The molecule has 0 radical (unpaired) electrons. The van der Waals surface area contributed by atoms with Crippen molar-refractivity contribution >= 4 is 11.8 Å². The van der Waals surface area contributed by atoms with Crippen LogP contribution in [0.3, 0.4) is 0 Å². The molecule has 3 N–H and O–H groups in total. The highest BCUT2D eigenvalue weighted by atomic mass is 16.3. The fourth-order valence-electron chi connectivity index (χ4n) is 4.22. The van der Waals surface area contributed by atoms with Gasteiger partial charge < -0.3 is 20.4 Å². The first kappa shape index (κ1) is 26.6. The van der Waals surface area contributed by atoms with Crippen molar-refractivity contribution in [2.45, 2.75) is 45.1 Å². The van der Waals surface area contributed by atoms with Crippen LogP contribution in [0.4, 0.5) is 0 Å². The van der Waals surface area contributed by atoms with Gasteiger partial charge in [0.2, 0.25) is 0 Å². The third-order valence-corrected chi connectivity index (χ3v) is 6.17. The fourth-order valence-corrected chi connectivity index (χ4v) is 4.22. The lowest BCUT2D eigenvalue weighted by molar-refractivity contribution is -0.155. The molecule has 0 bridgehead atoms. The van der Waals surface area contributed by atoms with Gasteiger partial charge in [-0.3, -0.25) is 9.59 Å². The van der Waals surface area contributed by atoms with Gasteiger partial charge in [0.1, 0.15) is 0 Å². The van der Waals surface area contributed by atoms with Crippen molar-refractivity contribution < 1.29 is 19.8 Å². The molecule has 7 heteroatoms. The molecule has 7 nitrogen and oxygen atoms in total. The lowest BCUT2D eigenvalue weighted by Crippen LogP contribution is -2.51. The van der Waals surface area contributed by atoms with E-state index in [0.717, 1.165) is 22.3 Å². The van der Waals surface area contributed by atoms with E-state index in [1.165, 1.54) is 4.90 Å². The number of aliphatic hydroxyl groups is 2. The summed E-state index contributed by atoms with van der Waals surface area (Å²) in [5, 5.41) is 32.8. The summed E-state index contributed by atoms with van der Waals surface area (Å²) in [4.78, 5) is 27.0. The van der Waals surface area contributed by atoms with E-state index in [2.05, 4.69) is 11.4 Å². The minimum atomic E-state index is -1.90. The summed E-state index contributed by atoms with van der Waals surface area (Å²) in [6.07, 6.45) is -3.16. The molecule has 3 rings (SSSR count). The summed E-state index contributed by atoms with van der Waals surface area (Å²) in [5.74, 6) is -1.53. The minimum Gasteiger partial charge on any atom is -0.380 e. The minimum absolute atomic E-state index is 0.107. The molecule has 3 atom stereocenters. The highest BCUT2D eigenvalue weighted by Gasteiger charge is 2.35. The quantitative estimate of drug-likeness (QED) is 0.406. The monoisotopic (exact) mass is 485 g/mol. The van der Waals surface area contributed by atoms with E-state index in [9.17, 15) is 25.1 Å². The maximum absolute atomic E-state index is 13.0. The molecule has 3 unspecified atom stereocenters. The molecule has 0 saturated heterocycles. The summed E-state index contributed by atoms with van der Waals surface area (Å²) in [6.45, 7) is 4.16.